The van der Waals surface area contributed by atoms with Crippen molar-refractivity contribution >= 4 is 34.4 Å². The Bertz CT molecular complexity index is 425. The van der Waals surface area contributed by atoms with Crippen LogP contribution in [-0.2, 0) is 0 Å². The molecule has 2 atom stereocenters. The van der Waals surface area contributed by atoms with Gasteiger partial charge >= 0.3 is 0 Å². The fraction of sp³-hybridized carbons (Fsp3) is 0.905. The summed E-state index contributed by atoms with van der Waals surface area (Å²) >= 11 is 10.4. The number of aliphatic hydroxyl groups excluding tert-OH is 1. The van der Waals surface area contributed by atoms with Gasteiger partial charge < -0.3 is 21.7 Å². The molecule has 0 spiro atoms. The van der Waals surface area contributed by atoms with Crippen LogP contribution in [0, 0.1) is 17.3 Å². The van der Waals surface area contributed by atoms with Gasteiger partial charge in [-0.25, -0.2) is 0 Å². The van der Waals surface area contributed by atoms with Crippen LogP contribution in [-0.4, -0.2) is 32.4 Å². The number of unbranched alkanes of at least 4 members (excludes halogenated alkanes) is 2. The number of thiocarbonyl (C=S) groups is 2. The summed E-state index contributed by atoms with van der Waals surface area (Å²) in [6, 6.07) is 0. The van der Waals surface area contributed by atoms with Crippen molar-refractivity contribution in [1.29, 1.82) is 0 Å². The Morgan fingerprint density at radius 1 is 0.852 bits per heavy atom. The Kier molecular flexibility index (Phi) is 12.9. The Morgan fingerprint density at radius 3 is 1.44 bits per heavy atom. The van der Waals surface area contributed by atoms with Crippen LogP contribution in [0.5, 0.6) is 0 Å². The third-order valence-electron chi connectivity index (χ3n) is 6.23. The molecule has 0 heterocycles. The van der Waals surface area contributed by atoms with E-state index in [0.29, 0.717) is 24.7 Å². The fourth-order valence-electron chi connectivity index (χ4n) is 4.26. The number of rotatable bonds is 16. The number of aliphatic hydroxyl groups is 2. The molecule has 0 aromatic rings. The fourth-order valence-corrected chi connectivity index (χ4v) is 4.98. The summed E-state index contributed by atoms with van der Waals surface area (Å²) in [5.41, 5.74) is 9.19. The second-order valence-corrected chi connectivity index (χ2v) is 9.00. The summed E-state index contributed by atoms with van der Waals surface area (Å²) in [5, 5.41) is 22.1. The van der Waals surface area contributed by atoms with E-state index in [4.69, 9.17) is 35.9 Å². The first-order chi connectivity index (χ1) is 12.7. The van der Waals surface area contributed by atoms with Crippen molar-refractivity contribution in [2.75, 3.05) is 6.61 Å². The van der Waals surface area contributed by atoms with Gasteiger partial charge in [0, 0.05) is 5.41 Å². The lowest BCUT2D eigenvalue weighted by Crippen LogP contribution is -2.65. The summed E-state index contributed by atoms with van der Waals surface area (Å²) in [7, 11) is 0. The summed E-state index contributed by atoms with van der Waals surface area (Å²) in [4.78, 5) is -0.250. The zero-order valence-corrected chi connectivity index (χ0v) is 19.4. The summed E-state index contributed by atoms with van der Waals surface area (Å²) in [6.07, 6.45) is 9.74. The molecule has 0 aromatic heterocycles. The van der Waals surface area contributed by atoms with Crippen LogP contribution in [0.2, 0.25) is 0 Å². The highest BCUT2D eigenvalue weighted by atomic mass is 32.1. The van der Waals surface area contributed by atoms with Crippen LogP contribution in [0.4, 0.5) is 0 Å². The Labute approximate surface area is 177 Å². The minimum Gasteiger partial charge on any atom is -0.396 e. The molecule has 0 amide bonds. The standard InChI is InChI=1S/C21H42N2O2S2/c1-5-9-11-16(7-3)13-20(15-24,14-17(8-4)12-10-6-2)21(25,18(22)26)19(23)27/h16-17,24-25H,5-15H2,1-4H3,(H2,22,26)(H2,23,27). The lowest BCUT2D eigenvalue weighted by atomic mass is 9.61. The molecule has 0 aliphatic carbocycles. The summed E-state index contributed by atoms with van der Waals surface area (Å²) in [6.45, 7) is 8.41. The van der Waals surface area contributed by atoms with Gasteiger partial charge in [-0.2, -0.15) is 0 Å². The molecule has 0 bridgehead atoms. The molecule has 0 aliphatic heterocycles. The van der Waals surface area contributed by atoms with Gasteiger partial charge in [-0.1, -0.05) is 103 Å². The molecule has 4 nitrogen and oxygen atoms in total. The van der Waals surface area contributed by atoms with Crippen molar-refractivity contribution in [3.63, 3.8) is 0 Å². The first kappa shape index (κ1) is 26.7. The second-order valence-electron chi connectivity index (χ2n) is 8.12. The molecule has 160 valence electrons. The van der Waals surface area contributed by atoms with Crippen LogP contribution in [0.25, 0.3) is 0 Å². The zero-order valence-electron chi connectivity index (χ0n) is 17.8. The maximum atomic E-state index is 11.5. The van der Waals surface area contributed by atoms with Gasteiger partial charge in [0.25, 0.3) is 0 Å². The molecule has 6 heteroatoms. The van der Waals surface area contributed by atoms with Crippen LogP contribution in [0.3, 0.4) is 0 Å². The summed E-state index contributed by atoms with van der Waals surface area (Å²) < 4.78 is 0. The molecule has 0 rings (SSSR count). The molecule has 0 fully saturated rings. The SMILES string of the molecule is CCCCC(CC)CC(CO)(CC(CC)CCCC)C(O)(C(N)=S)C(N)=S. The lowest BCUT2D eigenvalue weighted by molar-refractivity contribution is -0.0501. The molecule has 0 aliphatic rings. The van der Waals surface area contributed by atoms with Gasteiger partial charge in [0.1, 0.15) is 9.98 Å². The highest BCUT2D eigenvalue weighted by Gasteiger charge is 2.55. The lowest BCUT2D eigenvalue weighted by Gasteiger charge is -2.48. The molecule has 0 aromatic carbocycles. The van der Waals surface area contributed by atoms with E-state index >= 15 is 0 Å². The van der Waals surface area contributed by atoms with Gasteiger partial charge in [0.05, 0.1) is 6.61 Å². The average Bonchev–Trinajstić information content (AvgIpc) is 2.65. The molecular formula is C21H42N2O2S2. The van der Waals surface area contributed by atoms with Crippen molar-refractivity contribution in [2.45, 2.75) is 97.5 Å². The predicted octanol–water partition coefficient (Wildman–Crippen LogP) is 4.48. The number of hydrogen-bond acceptors (Lipinski definition) is 4. The maximum absolute atomic E-state index is 11.5. The number of nitrogens with two attached hydrogens (primary N) is 2. The van der Waals surface area contributed by atoms with Crippen LogP contribution >= 0.6 is 24.4 Å². The molecule has 0 saturated carbocycles. The van der Waals surface area contributed by atoms with Gasteiger partial charge in [0.2, 0.25) is 0 Å². The molecule has 6 N–H and O–H groups in total. The normalized spacial score (nSPS) is 16.5. The third kappa shape index (κ3) is 6.91. The monoisotopic (exact) mass is 418 g/mol. The predicted molar refractivity (Wildman–Crippen MR) is 124 cm³/mol. The van der Waals surface area contributed by atoms with E-state index < -0.39 is 11.0 Å². The maximum Gasteiger partial charge on any atom is 0.171 e. The molecule has 0 radical (unpaired) electrons. The van der Waals surface area contributed by atoms with E-state index in [-0.39, 0.29) is 16.6 Å². The van der Waals surface area contributed by atoms with Crippen molar-refractivity contribution < 1.29 is 10.2 Å². The minimum absolute atomic E-state index is 0.125. The number of hydrogen-bond donors (Lipinski definition) is 4. The van der Waals surface area contributed by atoms with E-state index in [9.17, 15) is 10.2 Å². The first-order valence-electron chi connectivity index (χ1n) is 10.6. The minimum atomic E-state index is -1.81. The Hall–Kier alpha value is -0.300. The third-order valence-corrected chi connectivity index (χ3v) is 6.82. The van der Waals surface area contributed by atoms with Crippen LogP contribution < -0.4 is 11.5 Å². The topological polar surface area (TPSA) is 92.5 Å². The van der Waals surface area contributed by atoms with E-state index in [2.05, 4.69) is 27.7 Å². The van der Waals surface area contributed by atoms with E-state index in [1.165, 1.54) is 0 Å². The quantitative estimate of drug-likeness (QED) is 0.276. The average molecular weight is 419 g/mol. The van der Waals surface area contributed by atoms with Gasteiger partial charge in [-0.15, -0.1) is 0 Å². The molecule has 27 heavy (non-hydrogen) atoms. The molecule has 0 saturated heterocycles. The van der Waals surface area contributed by atoms with Crippen LogP contribution in [0.1, 0.15) is 91.9 Å². The van der Waals surface area contributed by atoms with Crippen molar-refractivity contribution in [1.82, 2.24) is 0 Å². The van der Waals surface area contributed by atoms with Crippen molar-refractivity contribution in [3.05, 3.63) is 0 Å². The largest absolute Gasteiger partial charge is 0.396 e. The van der Waals surface area contributed by atoms with Crippen molar-refractivity contribution in [3.8, 4) is 0 Å². The van der Waals surface area contributed by atoms with E-state index in [1.54, 1.807) is 0 Å². The first-order valence-corrected chi connectivity index (χ1v) is 11.4. The Balaban J connectivity index is 6.06. The Morgan fingerprint density at radius 2 is 1.22 bits per heavy atom. The smallest absolute Gasteiger partial charge is 0.171 e. The van der Waals surface area contributed by atoms with Crippen LogP contribution in [0.15, 0.2) is 0 Å². The van der Waals surface area contributed by atoms with Gasteiger partial charge in [-0.05, 0) is 24.7 Å². The highest BCUT2D eigenvalue weighted by molar-refractivity contribution is 7.82. The van der Waals surface area contributed by atoms with Gasteiger partial charge in [0.15, 0.2) is 5.60 Å². The van der Waals surface area contributed by atoms with Crippen molar-refractivity contribution in [2.24, 2.45) is 28.7 Å². The van der Waals surface area contributed by atoms with E-state index in [0.717, 1.165) is 51.4 Å². The summed E-state index contributed by atoms with van der Waals surface area (Å²) in [5.74, 6) is 0.715. The van der Waals surface area contributed by atoms with E-state index in [1.807, 2.05) is 0 Å². The molecular weight excluding hydrogens is 376 g/mol. The van der Waals surface area contributed by atoms with Gasteiger partial charge in [-0.3, -0.25) is 0 Å². The second kappa shape index (κ2) is 13.0. The molecule has 2 unspecified atom stereocenters. The highest BCUT2D eigenvalue weighted by Crippen LogP contribution is 2.46. The zero-order chi connectivity index (χ0) is 21.1.